The first kappa shape index (κ1) is 20.6. The minimum absolute atomic E-state index is 0.166. The molecule has 2 aromatic rings. The molecule has 3 atom stereocenters. The molecule has 0 aliphatic carbocycles. The lowest BCUT2D eigenvalue weighted by Crippen LogP contribution is -2.60. The van der Waals surface area contributed by atoms with Crippen molar-refractivity contribution < 1.29 is 9.53 Å². The summed E-state index contributed by atoms with van der Waals surface area (Å²) in [6.45, 7) is 14.0. The van der Waals surface area contributed by atoms with Crippen molar-refractivity contribution in [2.45, 2.75) is 78.1 Å². The highest BCUT2D eigenvalue weighted by atomic mass is 16.6. The van der Waals surface area contributed by atoms with E-state index in [-0.39, 0.29) is 18.2 Å². The van der Waals surface area contributed by atoms with Crippen LogP contribution in [0.15, 0.2) is 30.6 Å². The maximum atomic E-state index is 12.8. The zero-order valence-electron chi connectivity index (χ0n) is 18.1. The summed E-state index contributed by atoms with van der Waals surface area (Å²) in [6, 6.07) is 7.15. The molecule has 3 heterocycles. The predicted octanol–water partition coefficient (Wildman–Crippen LogP) is 4.51. The summed E-state index contributed by atoms with van der Waals surface area (Å²) >= 11 is 0. The number of carbonyl (C=O) groups is 1. The van der Waals surface area contributed by atoms with Gasteiger partial charge in [0.05, 0.1) is 5.52 Å². The van der Waals surface area contributed by atoms with Crippen LogP contribution in [-0.4, -0.2) is 56.3 Å². The van der Waals surface area contributed by atoms with Gasteiger partial charge in [-0.15, -0.1) is 0 Å². The third kappa shape index (κ3) is 4.32. The Morgan fingerprint density at radius 1 is 1.21 bits per heavy atom. The molecule has 1 amide bonds. The second-order valence-electron chi connectivity index (χ2n) is 8.79. The number of pyridine rings is 1. The number of fused-ring (bicyclic) bond motifs is 1. The zero-order valence-corrected chi connectivity index (χ0v) is 18.1. The number of hydrogen-bond acceptors (Lipinski definition) is 4. The molecule has 0 radical (unpaired) electrons. The first-order valence-corrected chi connectivity index (χ1v) is 10.4. The van der Waals surface area contributed by atoms with Crippen LogP contribution in [0.3, 0.4) is 0 Å². The molecule has 0 aromatic carbocycles. The van der Waals surface area contributed by atoms with E-state index in [1.54, 1.807) is 0 Å². The third-order valence-corrected chi connectivity index (χ3v) is 5.71. The number of amides is 1. The summed E-state index contributed by atoms with van der Waals surface area (Å²) in [6.07, 6.45) is 5.57. The Balaban J connectivity index is 1.81. The van der Waals surface area contributed by atoms with Crippen molar-refractivity contribution in [3.63, 3.8) is 0 Å². The minimum Gasteiger partial charge on any atom is -0.444 e. The van der Waals surface area contributed by atoms with Gasteiger partial charge in [-0.25, -0.2) is 9.31 Å². The van der Waals surface area contributed by atoms with Gasteiger partial charge in [0, 0.05) is 43.6 Å². The van der Waals surface area contributed by atoms with Crippen LogP contribution < -0.4 is 0 Å². The van der Waals surface area contributed by atoms with Gasteiger partial charge in [0.15, 0.2) is 0 Å². The highest BCUT2D eigenvalue weighted by Gasteiger charge is 2.38. The Labute approximate surface area is 168 Å². The fourth-order valence-electron chi connectivity index (χ4n) is 4.09. The summed E-state index contributed by atoms with van der Waals surface area (Å²) in [7, 11) is 0. The Morgan fingerprint density at radius 2 is 1.93 bits per heavy atom. The van der Waals surface area contributed by atoms with Crippen LogP contribution >= 0.6 is 0 Å². The van der Waals surface area contributed by atoms with Crippen molar-refractivity contribution in [1.82, 2.24) is 19.4 Å². The Morgan fingerprint density at radius 3 is 2.57 bits per heavy atom. The van der Waals surface area contributed by atoms with E-state index in [1.165, 1.54) is 5.56 Å². The Bertz CT molecular complexity index is 810. The smallest absolute Gasteiger partial charge is 0.410 e. The van der Waals surface area contributed by atoms with Gasteiger partial charge in [0.2, 0.25) is 0 Å². The van der Waals surface area contributed by atoms with Gasteiger partial charge < -0.3 is 9.64 Å². The summed E-state index contributed by atoms with van der Waals surface area (Å²) in [5.41, 5.74) is 1.92. The summed E-state index contributed by atoms with van der Waals surface area (Å²) < 4.78 is 7.57. The summed E-state index contributed by atoms with van der Waals surface area (Å²) in [5.74, 6) is 0. The molecule has 1 unspecified atom stereocenters. The monoisotopic (exact) mass is 386 g/mol. The van der Waals surface area contributed by atoms with Crippen molar-refractivity contribution in [3.05, 3.63) is 36.2 Å². The normalized spacial score (nSPS) is 22.4. The molecule has 0 bridgehead atoms. The largest absolute Gasteiger partial charge is 0.444 e. The number of hydrogen-bond donors (Lipinski definition) is 0. The lowest BCUT2D eigenvalue weighted by Gasteiger charge is -2.48. The van der Waals surface area contributed by atoms with Gasteiger partial charge >= 0.3 is 6.09 Å². The van der Waals surface area contributed by atoms with E-state index < -0.39 is 5.60 Å². The molecule has 3 rings (SSSR count). The number of aromatic nitrogens is 2. The van der Waals surface area contributed by atoms with E-state index >= 15 is 0 Å². The van der Waals surface area contributed by atoms with Gasteiger partial charge in [0.1, 0.15) is 5.60 Å². The number of ether oxygens (including phenoxy) is 1. The molecule has 6 heteroatoms. The van der Waals surface area contributed by atoms with E-state index in [1.807, 2.05) is 48.6 Å². The van der Waals surface area contributed by atoms with Crippen molar-refractivity contribution in [2.75, 3.05) is 13.1 Å². The lowest BCUT2D eigenvalue weighted by molar-refractivity contribution is -0.0268. The molecule has 1 fully saturated rings. The number of piperazine rings is 1. The quantitative estimate of drug-likeness (QED) is 0.776. The second kappa shape index (κ2) is 8.11. The van der Waals surface area contributed by atoms with Crippen LogP contribution in [-0.2, 0) is 4.74 Å². The van der Waals surface area contributed by atoms with Gasteiger partial charge in [-0.1, -0.05) is 13.8 Å². The first-order valence-electron chi connectivity index (χ1n) is 10.4. The molecule has 0 N–H and O–H groups in total. The van der Waals surface area contributed by atoms with Gasteiger partial charge in [0.25, 0.3) is 0 Å². The molecule has 28 heavy (non-hydrogen) atoms. The van der Waals surface area contributed by atoms with E-state index in [0.29, 0.717) is 12.6 Å². The molecule has 1 aliphatic rings. The standard InChI is InChI=1S/C22H34N4O2/c1-7-18-15-25(21(27)28-22(4,5)6)19(8-2)14-24(18)16(3)17-10-12-26-20(13-17)9-11-23-26/h9-13,16,18-19H,7-8,14-15H2,1-6H3/t16?,18-,19+/m1/s1. The number of nitrogens with zero attached hydrogens (tertiary/aromatic N) is 4. The van der Waals surface area contributed by atoms with E-state index in [9.17, 15) is 4.79 Å². The minimum atomic E-state index is -0.470. The highest BCUT2D eigenvalue weighted by Crippen LogP contribution is 2.30. The molecular weight excluding hydrogens is 352 g/mol. The highest BCUT2D eigenvalue weighted by molar-refractivity contribution is 5.69. The zero-order chi connectivity index (χ0) is 20.5. The van der Waals surface area contributed by atoms with Crippen LogP contribution in [0.2, 0.25) is 0 Å². The van der Waals surface area contributed by atoms with Crippen molar-refractivity contribution >= 4 is 11.6 Å². The Kier molecular flexibility index (Phi) is 5.98. The maximum absolute atomic E-state index is 12.8. The van der Waals surface area contributed by atoms with Crippen molar-refractivity contribution in [1.29, 1.82) is 0 Å². The fraction of sp³-hybridized carbons (Fsp3) is 0.636. The molecule has 1 saturated heterocycles. The number of carbonyl (C=O) groups excluding carboxylic acids is 1. The molecule has 154 valence electrons. The maximum Gasteiger partial charge on any atom is 0.410 e. The van der Waals surface area contributed by atoms with Crippen molar-refractivity contribution in [2.24, 2.45) is 0 Å². The van der Waals surface area contributed by atoms with Crippen LogP contribution in [0.25, 0.3) is 5.52 Å². The second-order valence-corrected chi connectivity index (χ2v) is 8.79. The lowest BCUT2D eigenvalue weighted by atomic mass is 9.98. The average molecular weight is 387 g/mol. The fourth-order valence-corrected chi connectivity index (χ4v) is 4.09. The van der Waals surface area contributed by atoms with Crippen LogP contribution in [0, 0.1) is 0 Å². The molecule has 6 nitrogen and oxygen atoms in total. The van der Waals surface area contributed by atoms with E-state index in [2.05, 4.69) is 42.9 Å². The van der Waals surface area contributed by atoms with E-state index in [4.69, 9.17) is 4.74 Å². The molecule has 1 aliphatic heterocycles. The van der Waals surface area contributed by atoms with Crippen molar-refractivity contribution in [3.8, 4) is 0 Å². The average Bonchev–Trinajstić information content (AvgIpc) is 3.12. The number of rotatable bonds is 4. The Hall–Kier alpha value is -2.08. The first-order chi connectivity index (χ1) is 13.2. The summed E-state index contributed by atoms with van der Waals surface area (Å²) in [5, 5.41) is 4.29. The molecule has 0 saturated carbocycles. The van der Waals surface area contributed by atoms with Crippen LogP contribution in [0.5, 0.6) is 0 Å². The summed E-state index contributed by atoms with van der Waals surface area (Å²) in [4.78, 5) is 17.3. The molecule has 2 aromatic heterocycles. The third-order valence-electron chi connectivity index (χ3n) is 5.71. The predicted molar refractivity (Wildman–Crippen MR) is 111 cm³/mol. The van der Waals surface area contributed by atoms with Gasteiger partial charge in [-0.2, -0.15) is 5.10 Å². The molecule has 0 spiro atoms. The van der Waals surface area contributed by atoms with Crippen LogP contribution in [0.4, 0.5) is 4.79 Å². The van der Waals surface area contributed by atoms with Gasteiger partial charge in [-0.05, 0) is 64.3 Å². The molecular formula is C22H34N4O2. The SMILES string of the molecule is CC[C@H]1CN(C(C)c2ccn3nccc3c2)[C@H](CC)CN1C(=O)OC(C)(C)C. The topological polar surface area (TPSA) is 50.1 Å². The van der Waals surface area contributed by atoms with Gasteiger partial charge in [-0.3, -0.25) is 4.90 Å². The van der Waals surface area contributed by atoms with E-state index in [0.717, 1.165) is 24.9 Å². The van der Waals surface area contributed by atoms with Crippen LogP contribution in [0.1, 0.15) is 66.0 Å².